The van der Waals surface area contributed by atoms with Crippen molar-refractivity contribution in [2.24, 2.45) is 22.2 Å². The number of unbranched alkanes of at least 4 members (excludes halogenated alkanes) is 4. The van der Waals surface area contributed by atoms with Crippen molar-refractivity contribution in [1.82, 2.24) is 15.5 Å². The average molecular weight is 538 g/mol. The van der Waals surface area contributed by atoms with Crippen molar-refractivity contribution in [3.05, 3.63) is 29.3 Å². The monoisotopic (exact) mass is 537 g/mol. The number of carbonyl (C=O) groups excluding carboxylic acids is 3. The third-order valence-electron chi connectivity index (χ3n) is 11.3. The lowest BCUT2D eigenvalue weighted by molar-refractivity contribution is -0.136. The third-order valence-corrected chi connectivity index (χ3v) is 12.5. The molecule has 6 nitrogen and oxygen atoms in total. The molecule has 5 aliphatic rings. The van der Waals surface area contributed by atoms with Gasteiger partial charge in [0.2, 0.25) is 11.8 Å². The second kappa shape index (κ2) is 9.65. The number of fused-ring (bicyclic) bond motifs is 1. The second-order valence-corrected chi connectivity index (χ2v) is 14.3. The number of nitrogens with one attached hydrogen (secondary N) is 2. The Hall–Kier alpha value is -1.86. The first-order valence-corrected chi connectivity index (χ1v) is 15.8. The standard InChI is InChI=1S/C31H43N3O3S/c1-29(2)24-18-25(30(3)14-15-31(24,29)30)32-16-7-5-4-6-8-17-38-23-11-9-10-20-21(23)19-34(28(20)37)22-12-13-26(35)33-27(22)36/h9-11,22,24-25,32H,4-8,12-19H2,1-3H3,(H,33,35,36)/t22?,24?,25-,30?,31?/m0/s1. The SMILES string of the molecule is CC1(C)C2C[C@H](NCCCCCCCSc3cccc4c3CN(C3CCC(=O)NC3=O)C4=O)C3(C)CCC213. The van der Waals surface area contributed by atoms with Crippen LogP contribution >= 0.6 is 11.8 Å². The number of nitrogens with zero attached hydrogens (tertiary/aromatic N) is 1. The summed E-state index contributed by atoms with van der Waals surface area (Å²) >= 11 is 1.83. The van der Waals surface area contributed by atoms with E-state index in [-0.39, 0.29) is 24.1 Å². The van der Waals surface area contributed by atoms with E-state index in [1.807, 2.05) is 23.9 Å². The third kappa shape index (κ3) is 3.89. The van der Waals surface area contributed by atoms with Crippen LogP contribution in [0, 0.1) is 22.2 Å². The lowest BCUT2D eigenvalue weighted by Crippen LogP contribution is -2.53. The zero-order chi connectivity index (χ0) is 26.7. The molecular formula is C31H43N3O3S. The molecule has 1 spiro atoms. The Kier molecular flexibility index (Phi) is 6.70. The number of thioether (sulfide) groups is 1. The molecule has 2 N–H and O–H groups in total. The van der Waals surface area contributed by atoms with Crippen LogP contribution in [0.2, 0.25) is 0 Å². The minimum absolute atomic E-state index is 0.0922. The van der Waals surface area contributed by atoms with Gasteiger partial charge in [-0.05, 0) is 90.7 Å². The highest BCUT2D eigenvalue weighted by Gasteiger charge is 2.86. The molecule has 1 aromatic carbocycles. The number of amides is 3. The van der Waals surface area contributed by atoms with Gasteiger partial charge in [0, 0.05) is 29.5 Å². The Balaban J connectivity index is 0.889. The molecule has 3 amide bonds. The predicted molar refractivity (Wildman–Crippen MR) is 150 cm³/mol. The van der Waals surface area contributed by atoms with Crippen molar-refractivity contribution >= 4 is 29.5 Å². The summed E-state index contributed by atoms with van der Waals surface area (Å²) in [4.78, 5) is 39.6. The van der Waals surface area contributed by atoms with Crippen LogP contribution in [0.1, 0.15) is 101 Å². The van der Waals surface area contributed by atoms with Crippen LogP contribution in [0.4, 0.5) is 0 Å². The van der Waals surface area contributed by atoms with E-state index in [2.05, 4.69) is 37.5 Å². The van der Waals surface area contributed by atoms with Crippen LogP contribution in [-0.2, 0) is 16.1 Å². The van der Waals surface area contributed by atoms with Gasteiger partial charge >= 0.3 is 0 Å². The summed E-state index contributed by atoms with van der Waals surface area (Å²) in [6, 6.07) is 6.08. The molecule has 4 unspecified atom stereocenters. The first kappa shape index (κ1) is 26.4. The summed E-state index contributed by atoms with van der Waals surface area (Å²) in [6.07, 6.45) is 11.2. The highest BCUT2D eigenvalue weighted by molar-refractivity contribution is 7.99. The quantitative estimate of drug-likeness (QED) is 0.228. The maximum absolute atomic E-state index is 13.0. The predicted octanol–water partition coefficient (Wildman–Crippen LogP) is 5.29. The van der Waals surface area contributed by atoms with E-state index in [0.717, 1.165) is 34.7 Å². The first-order valence-electron chi connectivity index (χ1n) is 14.8. The summed E-state index contributed by atoms with van der Waals surface area (Å²) in [5.41, 5.74) is 3.52. The number of rotatable bonds is 11. The minimum atomic E-state index is -0.552. The largest absolute Gasteiger partial charge is 0.322 e. The normalized spacial score (nSPS) is 34.4. The summed E-state index contributed by atoms with van der Waals surface area (Å²) in [5, 5.41) is 6.33. The van der Waals surface area contributed by atoms with E-state index in [9.17, 15) is 14.4 Å². The van der Waals surface area contributed by atoms with E-state index in [1.165, 1.54) is 51.4 Å². The van der Waals surface area contributed by atoms with Crippen molar-refractivity contribution in [1.29, 1.82) is 0 Å². The molecule has 1 saturated heterocycles. The molecule has 3 aliphatic carbocycles. The van der Waals surface area contributed by atoms with Crippen molar-refractivity contribution in [3.63, 3.8) is 0 Å². The Morgan fingerprint density at radius 1 is 1.05 bits per heavy atom. The van der Waals surface area contributed by atoms with Crippen LogP contribution in [0.25, 0.3) is 0 Å². The van der Waals surface area contributed by atoms with E-state index < -0.39 is 6.04 Å². The fourth-order valence-electron chi connectivity index (χ4n) is 9.08. The van der Waals surface area contributed by atoms with Gasteiger partial charge in [0.15, 0.2) is 0 Å². The second-order valence-electron chi connectivity index (χ2n) is 13.2. The van der Waals surface area contributed by atoms with Gasteiger partial charge in [-0.2, -0.15) is 0 Å². The molecule has 2 aliphatic heterocycles. The Morgan fingerprint density at radius 2 is 1.84 bits per heavy atom. The smallest absolute Gasteiger partial charge is 0.255 e. The molecular weight excluding hydrogens is 494 g/mol. The van der Waals surface area contributed by atoms with Gasteiger partial charge in [-0.1, -0.05) is 46.1 Å². The van der Waals surface area contributed by atoms with Crippen LogP contribution in [0.15, 0.2) is 23.1 Å². The highest BCUT2D eigenvalue weighted by Crippen LogP contribution is 2.90. The molecule has 7 heteroatoms. The zero-order valence-electron chi connectivity index (χ0n) is 23.2. The van der Waals surface area contributed by atoms with Gasteiger partial charge < -0.3 is 10.2 Å². The van der Waals surface area contributed by atoms with Gasteiger partial charge in [-0.15, -0.1) is 11.8 Å². The van der Waals surface area contributed by atoms with Gasteiger partial charge in [0.05, 0.1) is 0 Å². The van der Waals surface area contributed by atoms with Crippen LogP contribution in [-0.4, -0.2) is 47.0 Å². The molecule has 1 aromatic rings. The Labute approximate surface area is 231 Å². The summed E-state index contributed by atoms with van der Waals surface area (Å²) < 4.78 is 0. The van der Waals surface area contributed by atoms with Crippen molar-refractivity contribution in [3.8, 4) is 0 Å². The number of imide groups is 1. The van der Waals surface area contributed by atoms with E-state index in [1.54, 1.807) is 4.90 Å². The van der Waals surface area contributed by atoms with E-state index in [4.69, 9.17) is 0 Å². The maximum Gasteiger partial charge on any atom is 0.255 e. The van der Waals surface area contributed by atoms with Crippen LogP contribution in [0.5, 0.6) is 0 Å². The molecule has 2 heterocycles. The summed E-state index contributed by atoms with van der Waals surface area (Å²) in [6.45, 7) is 9.18. The molecule has 5 atom stereocenters. The van der Waals surface area contributed by atoms with Crippen LogP contribution < -0.4 is 10.6 Å². The molecule has 0 bridgehead atoms. The van der Waals surface area contributed by atoms with Gasteiger partial charge in [0.25, 0.3) is 5.91 Å². The van der Waals surface area contributed by atoms with Gasteiger partial charge in [0.1, 0.15) is 6.04 Å². The van der Waals surface area contributed by atoms with Crippen molar-refractivity contribution < 1.29 is 14.4 Å². The molecule has 38 heavy (non-hydrogen) atoms. The lowest BCUT2D eigenvalue weighted by Gasteiger charge is -2.53. The number of hydrogen-bond donors (Lipinski definition) is 2. The number of carbonyl (C=O) groups is 3. The molecule has 0 aromatic heterocycles. The fourth-order valence-corrected chi connectivity index (χ4v) is 10.2. The lowest BCUT2D eigenvalue weighted by atomic mass is 9.54. The first-order chi connectivity index (χ1) is 18.2. The van der Waals surface area contributed by atoms with Crippen LogP contribution in [0.3, 0.4) is 0 Å². The molecule has 4 fully saturated rings. The van der Waals surface area contributed by atoms with Gasteiger partial charge in [-0.3, -0.25) is 19.7 Å². The average Bonchev–Trinajstić information content (AvgIpc) is 3.11. The molecule has 3 saturated carbocycles. The fraction of sp³-hybridized carbons (Fsp3) is 0.710. The molecule has 206 valence electrons. The zero-order valence-corrected chi connectivity index (χ0v) is 24.1. The van der Waals surface area contributed by atoms with Crippen molar-refractivity contribution in [2.45, 2.75) is 109 Å². The van der Waals surface area contributed by atoms with E-state index in [0.29, 0.717) is 34.8 Å². The Bertz CT molecular complexity index is 1150. The maximum atomic E-state index is 13.0. The number of benzene rings is 1. The molecule has 0 radical (unpaired) electrons. The summed E-state index contributed by atoms with van der Waals surface area (Å²) in [7, 11) is 0. The van der Waals surface area contributed by atoms with Crippen molar-refractivity contribution in [2.75, 3.05) is 12.3 Å². The Morgan fingerprint density at radius 3 is 2.58 bits per heavy atom. The number of piperidine rings is 1. The number of hydrogen-bond acceptors (Lipinski definition) is 5. The van der Waals surface area contributed by atoms with Gasteiger partial charge in [-0.25, -0.2) is 0 Å². The highest BCUT2D eigenvalue weighted by atomic mass is 32.2. The summed E-state index contributed by atoms with van der Waals surface area (Å²) in [5.74, 6) is 1.30. The minimum Gasteiger partial charge on any atom is -0.322 e. The molecule has 6 rings (SSSR count). The van der Waals surface area contributed by atoms with E-state index >= 15 is 0 Å². The topological polar surface area (TPSA) is 78.5 Å².